The van der Waals surface area contributed by atoms with Gasteiger partial charge < -0.3 is 0 Å². The average Bonchev–Trinajstić information content (AvgIpc) is 2.70. The second-order valence-electron chi connectivity index (χ2n) is 4.86. The first-order valence-electron chi connectivity index (χ1n) is 5.59. The highest BCUT2D eigenvalue weighted by Gasteiger charge is 2.35. The Morgan fingerprint density at radius 1 is 1.32 bits per heavy atom. The number of carbonyl (C=O) groups is 1. The van der Waals surface area contributed by atoms with E-state index in [2.05, 4.69) is 4.37 Å². The van der Waals surface area contributed by atoms with Crippen LogP contribution in [0.2, 0.25) is 0 Å². The van der Waals surface area contributed by atoms with E-state index in [1.807, 2.05) is 29.0 Å². The van der Waals surface area contributed by atoms with Crippen molar-refractivity contribution in [1.29, 1.82) is 0 Å². The van der Waals surface area contributed by atoms with Gasteiger partial charge in [0.05, 0.1) is 22.1 Å². The summed E-state index contributed by atoms with van der Waals surface area (Å²) >= 11 is 1.30. The lowest BCUT2D eigenvalue weighted by Gasteiger charge is -2.21. The molecular weight excluding hydrogens is 284 g/mol. The van der Waals surface area contributed by atoms with E-state index in [9.17, 15) is 13.2 Å². The minimum Gasteiger partial charge on any atom is -0.273 e. The fourth-order valence-electron chi connectivity index (χ4n) is 1.74. The Morgan fingerprint density at radius 3 is 2.58 bits per heavy atom. The van der Waals surface area contributed by atoms with E-state index in [4.69, 9.17) is 0 Å². The van der Waals surface area contributed by atoms with Crippen LogP contribution in [0.5, 0.6) is 0 Å². The molecule has 0 aliphatic rings. The standard InChI is InChI=1S/C12H14N2O3S2/c1-12(2,11(15)14-19(3,16)17)10-8-6-4-5-7-9(8)18-13-10/h4-7H,1-3H3,(H,14,15). The quantitative estimate of drug-likeness (QED) is 0.935. The van der Waals surface area contributed by atoms with Crippen LogP contribution in [0.15, 0.2) is 24.3 Å². The summed E-state index contributed by atoms with van der Waals surface area (Å²) in [7, 11) is -3.57. The fraction of sp³-hybridized carbons (Fsp3) is 0.333. The van der Waals surface area contributed by atoms with Gasteiger partial charge >= 0.3 is 0 Å². The fourth-order valence-corrected chi connectivity index (χ4v) is 3.25. The van der Waals surface area contributed by atoms with Gasteiger partial charge in [-0.15, -0.1) is 0 Å². The molecule has 0 aliphatic carbocycles. The van der Waals surface area contributed by atoms with Crippen LogP contribution in [0.4, 0.5) is 0 Å². The molecule has 5 nitrogen and oxygen atoms in total. The number of hydrogen-bond donors (Lipinski definition) is 1. The molecule has 0 radical (unpaired) electrons. The zero-order valence-corrected chi connectivity index (χ0v) is 12.4. The molecule has 1 heterocycles. The maximum atomic E-state index is 12.1. The summed E-state index contributed by atoms with van der Waals surface area (Å²) in [5.41, 5.74) is -0.419. The Balaban J connectivity index is 2.47. The van der Waals surface area contributed by atoms with Crippen LogP contribution < -0.4 is 4.72 Å². The van der Waals surface area contributed by atoms with E-state index in [0.717, 1.165) is 16.3 Å². The van der Waals surface area contributed by atoms with E-state index >= 15 is 0 Å². The molecule has 0 atom stereocenters. The van der Waals surface area contributed by atoms with Gasteiger partial charge in [-0.1, -0.05) is 18.2 Å². The molecule has 0 bridgehead atoms. The van der Waals surface area contributed by atoms with Crippen LogP contribution in [0.3, 0.4) is 0 Å². The number of fused-ring (bicyclic) bond motifs is 1. The smallest absolute Gasteiger partial charge is 0.245 e. The number of benzene rings is 1. The van der Waals surface area contributed by atoms with E-state index in [1.165, 1.54) is 11.5 Å². The highest BCUT2D eigenvalue weighted by atomic mass is 32.2. The van der Waals surface area contributed by atoms with Crippen LogP contribution in [0, 0.1) is 0 Å². The number of sulfonamides is 1. The molecule has 0 saturated carbocycles. The molecule has 2 rings (SSSR count). The lowest BCUT2D eigenvalue weighted by Crippen LogP contribution is -2.42. The number of nitrogens with one attached hydrogen (secondary N) is 1. The van der Waals surface area contributed by atoms with Gasteiger partial charge in [0, 0.05) is 5.39 Å². The molecule has 1 aromatic heterocycles. The predicted molar refractivity (Wildman–Crippen MR) is 75.6 cm³/mol. The number of aromatic nitrogens is 1. The maximum Gasteiger partial charge on any atom is 0.245 e. The molecule has 2 aromatic rings. The van der Waals surface area contributed by atoms with Crippen LogP contribution in [-0.2, 0) is 20.2 Å². The van der Waals surface area contributed by atoms with Crippen molar-refractivity contribution in [3.8, 4) is 0 Å². The second kappa shape index (κ2) is 4.57. The summed E-state index contributed by atoms with van der Waals surface area (Å²) in [4.78, 5) is 12.1. The van der Waals surface area contributed by atoms with Crippen molar-refractivity contribution in [2.45, 2.75) is 19.3 Å². The van der Waals surface area contributed by atoms with Crippen molar-refractivity contribution in [3.63, 3.8) is 0 Å². The van der Waals surface area contributed by atoms with Crippen LogP contribution in [0.1, 0.15) is 19.5 Å². The lowest BCUT2D eigenvalue weighted by molar-refractivity contribution is -0.123. The third-order valence-corrected chi connectivity index (χ3v) is 4.20. The first-order chi connectivity index (χ1) is 8.72. The first kappa shape index (κ1) is 14.0. The van der Waals surface area contributed by atoms with Crippen LogP contribution in [0.25, 0.3) is 10.1 Å². The van der Waals surface area contributed by atoms with Crippen LogP contribution in [-0.4, -0.2) is 25.0 Å². The van der Waals surface area contributed by atoms with Gasteiger partial charge in [0.1, 0.15) is 0 Å². The first-order valence-corrected chi connectivity index (χ1v) is 8.25. The summed E-state index contributed by atoms with van der Waals surface area (Å²) in [5, 5.41) is 0.876. The summed E-state index contributed by atoms with van der Waals surface area (Å²) < 4.78 is 29.6. The van der Waals surface area contributed by atoms with Crippen molar-refractivity contribution in [2.75, 3.05) is 6.26 Å². The molecule has 1 amide bonds. The molecule has 0 unspecified atom stereocenters. The Labute approximate surface area is 115 Å². The molecule has 0 fully saturated rings. The lowest BCUT2D eigenvalue weighted by atomic mass is 9.87. The molecule has 1 aromatic carbocycles. The molecule has 1 N–H and O–H groups in total. The highest BCUT2D eigenvalue weighted by molar-refractivity contribution is 7.89. The Hall–Kier alpha value is -1.47. The molecule has 19 heavy (non-hydrogen) atoms. The van der Waals surface area contributed by atoms with E-state index in [1.54, 1.807) is 13.8 Å². The Kier molecular flexibility index (Phi) is 3.36. The third kappa shape index (κ3) is 2.76. The molecular formula is C12H14N2O3S2. The SMILES string of the molecule is CC(C)(C(=O)NS(C)(=O)=O)c1nsc2ccccc12. The summed E-state index contributed by atoms with van der Waals surface area (Å²) in [5.74, 6) is -0.578. The van der Waals surface area contributed by atoms with Crippen molar-refractivity contribution >= 4 is 37.5 Å². The van der Waals surface area contributed by atoms with Crippen molar-refractivity contribution < 1.29 is 13.2 Å². The second-order valence-corrected chi connectivity index (χ2v) is 7.41. The van der Waals surface area contributed by atoms with E-state index in [0.29, 0.717) is 5.69 Å². The zero-order chi connectivity index (χ0) is 14.3. The van der Waals surface area contributed by atoms with E-state index in [-0.39, 0.29) is 0 Å². The maximum absolute atomic E-state index is 12.1. The number of nitrogens with zero attached hydrogens (tertiary/aromatic N) is 1. The molecule has 102 valence electrons. The molecule has 0 aliphatic heterocycles. The van der Waals surface area contributed by atoms with Crippen molar-refractivity contribution in [3.05, 3.63) is 30.0 Å². The van der Waals surface area contributed by atoms with Gasteiger partial charge in [-0.05, 0) is 31.4 Å². The molecule has 0 saturated heterocycles. The summed E-state index contributed by atoms with van der Waals surface area (Å²) in [6.07, 6.45) is 0.958. The minimum absolute atomic E-state index is 0.578. The monoisotopic (exact) mass is 298 g/mol. The summed E-state index contributed by atoms with van der Waals surface area (Å²) in [6, 6.07) is 7.56. The Bertz CT molecular complexity index is 732. The van der Waals surface area contributed by atoms with E-state index < -0.39 is 21.3 Å². The van der Waals surface area contributed by atoms with Gasteiger partial charge in [-0.25, -0.2) is 8.42 Å². The number of rotatable bonds is 3. The normalized spacial score (nSPS) is 12.6. The predicted octanol–water partition coefficient (Wildman–Crippen LogP) is 1.65. The summed E-state index contributed by atoms with van der Waals surface area (Å²) in [6.45, 7) is 3.32. The van der Waals surface area contributed by atoms with Crippen LogP contribution >= 0.6 is 11.5 Å². The van der Waals surface area contributed by atoms with Crippen molar-refractivity contribution in [1.82, 2.24) is 9.10 Å². The number of amides is 1. The van der Waals surface area contributed by atoms with Gasteiger partial charge in [0.25, 0.3) is 0 Å². The largest absolute Gasteiger partial charge is 0.273 e. The molecule has 7 heteroatoms. The number of carbonyl (C=O) groups excluding carboxylic acids is 1. The average molecular weight is 298 g/mol. The topological polar surface area (TPSA) is 76.1 Å². The number of hydrogen-bond acceptors (Lipinski definition) is 5. The van der Waals surface area contributed by atoms with Gasteiger partial charge in [-0.2, -0.15) is 4.37 Å². The highest BCUT2D eigenvalue weighted by Crippen LogP contribution is 2.32. The van der Waals surface area contributed by atoms with Gasteiger partial charge in [0.2, 0.25) is 15.9 Å². The minimum atomic E-state index is -3.57. The third-order valence-electron chi connectivity index (χ3n) is 2.82. The van der Waals surface area contributed by atoms with Crippen molar-refractivity contribution in [2.24, 2.45) is 0 Å². The Morgan fingerprint density at radius 2 is 1.95 bits per heavy atom. The van der Waals surface area contributed by atoms with Gasteiger partial charge in [-0.3, -0.25) is 9.52 Å². The molecule has 0 spiro atoms. The zero-order valence-electron chi connectivity index (χ0n) is 10.8. The van der Waals surface area contributed by atoms with Gasteiger partial charge in [0.15, 0.2) is 0 Å².